The standard InChI is InChI=1S/C17H19FN4O5S2/c18-14-9-20-17(28-14)21-16(23)15(22-27-12-5-7-26-10-12)11-1-3-13(4-2-11)29(24,25)8-6-19/h1-4,9,12H,5-8,10,19H2,(H,20,21,23)/b22-15+/t12-/m1/s1. The lowest BCUT2D eigenvalue weighted by Gasteiger charge is -2.10. The zero-order valence-electron chi connectivity index (χ0n) is 15.2. The SMILES string of the molecule is NCCS(=O)(=O)c1ccc(/C(=N\O[C@@H]2CCOC2)C(=O)Nc2ncc(F)s2)cc1. The number of ether oxygens (including phenoxy) is 1. The first-order valence-electron chi connectivity index (χ1n) is 8.66. The Bertz CT molecular complexity index is 986. The van der Waals surface area contributed by atoms with Gasteiger partial charge in [-0.25, -0.2) is 13.4 Å². The van der Waals surface area contributed by atoms with Gasteiger partial charge < -0.3 is 15.3 Å². The number of amides is 1. The van der Waals surface area contributed by atoms with Gasteiger partial charge in [0.05, 0.1) is 30.1 Å². The van der Waals surface area contributed by atoms with Crippen molar-refractivity contribution in [1.82, 2.24) is 4.98 Å². The number of thiazole rings is 1. The third-order valence-electron chi connectivity index (χ3n) is 3.97. The number of benzene rings is 1. The van der Waals surface area contributed by atoms with Crippen LogP contribution < -0.4 is 11.1 Å². The van der Waals surface area contributed by atoms with Crippen molar-refractivity contribution in [3.8, 4) is 0 Å². The fraction of sp³-hybridized carbons (Fsp3) is 0.353. The summed E-state index contributed by atoms with van der Waals surface area (Å²) < 4.78 is 42.6. The first-order valence-corrected chi connectivity index (χ1v) is 11.1. The molecular formula is C17H19FN4O5S2. The predicted octanol–water partition coefficient (Wildman–Crippen LogP) is 1.16. The highest BCUT2D eigenvalue weighted by Crippen LogP contribution is 2.18. The van der Waals surface area contributed by atoms with E-state index in [9.17, 15) is 17.6 Å². The number of hydrogen-bond acceptors (Lipinski definition) is 9. The van der Waals surface area contributed by atoms with E-state index in [4.69, 9.17) is 15.3 Å². The lowest BCUT2D eigenvalue weighted by molar-refractivity contribution is -0.110. The van der Waals surface area contributed by atoms with Gasteiger partial charge in [0.15, 0.2) is 31.9 Å². The van der Waals surface area contributed by atoms with E-state index in [1.807, 2.05) is 0 Å². The minimum Gasteiger partial charge on any atom is -0.389 e. The Hall–Kier alpha value is -2.41. The summed E-state index contributed by atoms with van der Waals surface area (Å²) >= 11 is 0.667. The van der Waals surface area contributed by atoms with Crippen LogP contribution in [0.15, 0.2) is 40.5 Å². The fourth-order valence-corrected chi connectivity index (χ4v) is 4.15. The second-order valence-corrected chi connectivity index (χ2v) is 9.18. The Labute approximate surface area is 170 Å². The number of carbonyl (C=O) groups is 1. The monoisotopic (exact) mass is 442 g/mol. The van der Waals surface area contributed by atoms with E-state index in [2.05, 4.69) is 15.5 Å². The number of anilines is 1. The molecule has 3 N–H and O–H groups in total. The summed E-state index contributed by atoms with van der Waals surface area (Å²) in [5.41, 5.74) is 5.56. The minimum atomic E-state index is -3.51. The van der Waals surface area contributed by atoms with Gasteiger partial charge in [0.1, 0.15) is 0 Å². The summed E-state index contributed by atoms with van der Waals surface area (Å²) in [6, 6.07) is 5.62. The van der Waals surface area contributed by atoms with Gasteiger partial charge in [0, 0.05) is 18.5 Å². The molecule has 1 saturated heterocycles. The molecule has 1 aliphatic rings. The lowest BCUT2D eigenvalue weighted by Crippen LogP contribution is -2.25. The molecule has 0 unspecified atom stereocenters. The van der Waals surface area contributed by atoms with Crippen molar-refractivity contribution in [2.24, 2.45) is 10.9 Å². The molecule has 2 heterocycles. The van der Waals surface area contributed by atoms with Crippen LogP contribution in [-0.4, -0.2) is 56.6 Å². The highest BCUT2D eigenvalue weighted by molar-refractivity contribution is 7.91. The van der Waals surface area contributed by atoms with E-state index in [1.165, 1.54) is 24.3 Å². The molecule has 1 aromatic carbocycles. The smallest absolute Gasteiger partial charge is 0.280 e. The van der Waals surface area contributed by atoms with Gasteiger partial charge in [-0.1, -0.05) is 28.6 Å². The van der Waals surface area contributed by atoms with Gasteiger partial charge in [-0.15, -0.1) is 0 Å². The average molecular weight is 442 g/mol. The number of halogens is 1. The number of nitrogens with two attached hydrogens (primary N) is 1. The van der Waals surface area contributed by atoms with Crippen molar-refractivity contribution in [3.63, 3.8) is 0 Å². The lowest BCUT2D eigenvalue weighted by atomic mass is 10.1. The minimum absolute atomic E-state index is 0.000865. The molecule has 0 aliphatic carbocycles. The van der Waals surface area contributed by atoms with Crippen LogP contribution in [0.2, 0.25) is 0 Å². The number of carbonyl (C=O) groups excluding carboxylic acids is 1. The predicted molar refractivity (Wildman–Crippen MR) is 105 cm³/mol. The maximum Gasteiger partial charge on any atom is 0.280 e. The molecule has 0 radical (unpaired) electrons. The van der Waals surface area contributed by atoms with E-state index in [-0.39, 0.29) is 34.1 Å². The first kappa shape index (κ1) is 21.3. The molecule has 9 nitrogen and oxygen atoms in total. The third kappa shape index (κ3) is 5.56. The average Bonchev–Trinajstić information content (AvgIpc) is 3.34. The fourth-order valence-electron chi connectivity index (χ4n) is 2.51. The van der Waals surface area contributed by atoms with Gasteiger partial charge in [-0.3, -0.25) is 10.1 Å². The number of nitrogens with zero attached hydrogens (tertiary/aromatic N) is 2. The number of aromatic nitrogens is 1. The van der Waals surface area contributed by atoms with Crippen LogP contribution in [0.1, 0.15) is 12.0 Å². The molecule has 3 rings (SSSR count). The van der Waals surface area contributed by atoms with E-state index >= 15 is 0 Å². The number of nitrogens with one attached hydrogen (secondary N) is 1. The first-order chi connectivity index (χ1) is 13.9. The van der Waals surface area contributed by atoms with Crippen molar-refractivity contribution < 1.29 is 27.2 Å². The topological polar surface area (TPSA) is 133 Å². The molecular weight excluding hydrogens is 423 g/mol. The van der Waals surface area contributed by atoms with Crippen molar-refractivity contribution in [1.29, 1.82) is 0 Å². The number of hydrogen-bond donors (Lipinski definition) is 2. The van der Waals surface area contributed by atoms with Crippen molar-refractivity contribution in [3.05, 3.63) is 41.2 Å². The molecule has 1 aromatic heterocycles. The van der Waals surface area contributed by atoms with E-state index in [0.717, 1.165) is 6.20 Å². The van der Waals surface area contributed by atoms with Gasteiger partial charge in [0.2, 0.25) is 0 Å². The maximum atomic E-state index is 13.1. The van der Waals surface area contributed by atoms with Gasteiger partial charge >= 0.3 is 0 Å². The highest BCUT2D eigenvalue weighted by atomic mass is 32.2. The van der Waals surface area contributed by atoms with Crippen LogP contribution in [0.5, 0.6) is 0 Å². The summed E-state index contributed by atoms with van der Waals surface area (Å²) in [5.74, 6) is -0.857. The Balaban J connectivity index is 1.85. The van der Waals surface area contributed by atoms with Crippen molar-refractivity contribution in [2.75, 3.05) is 30.8 Å². The molecule has 156 valence electrons. The number of oxime groups is 1. The Morgan fingerprint density at radius 3 is 2.76 bits per heavy atom. The van der Waals surface area contributed by atoms with E-state index in [0.29, 0.717) is 36.5 Å². The third-order valence-corrected chi connectivity index (χ3v) is 6.43. The summed E-state index contributed by atoms with van der Waals surface area (Å²) in [7, 11) is -3.51. The van der Waals surface area contributed by atoms with Gasteiger partial charge in [-0.05, 0) is 12.1 Å². The second kappa shape index (κ2) is 9.39. The highest BCUT2D eigenvalue weighted by Gasteiger charge is 2.22. The second-order valence-electron chi connectivity index (χ2n) is 6.09. The van der Waals surface area contributed by atoms with Crippen LogP contribution in [0.3, 0.4) is 0 Å². The molecule has 1 amide bonds. The molecule has 0 bridgehead atoms. The molecule has 29 heavy (non-hydrogen) atoms. The number of sulfone groups is 1. The van der Waals surface area contributed by atoms with E-state index in [1.54, 1.807) is 0 Å². The molecule has 2 aromatic rings. The normalized spacial score (nSPS) is 17.3. The quantitative estimate of drug-likeness (QED) is 0.463. The molecule has 1 atom stereocenters. The molecule has 1 fully saturated rings. The summed E-state index contributed by atoms with van der Waals surface area (Å²) in [6.07, 6.45) is 1.33. The zero-order chi connectivity index (χ0) is 20.9. The molecule has 0 spiro atoms. The summed E-state index contributed by atoms with van der Waals surface area (Å²) in [5, 5.41) is 5.91. The molecule has 0 saturated carbocycles. The van der Waals surface area contributed by atoms with Crippen LogP contribution in [-0.2, 0) is 24.2 Å². The van der Waals surface area contributed by atoms with Gasteiger partial charge in [0.25, 0.3) is 5.91 Å². The largest absolute Gasteiger partial charge is 0.389 e. The number of rotatable bonds is 8. The Morgan fingerprint density at radius 1 is 1.41 bits per heavy atom. The van der Waals surface area contributed by atoms with Crippen molar-refractivity contribution in [2.45, 2.75) is 17.4 Å². The Kier molecular flexibility index (Phi) is 6.90. The molecule has 12 heteroatoms. The maximum absolute atomic E-state index is 13.1. The Morgan fingerprint density at radius 2 is 2.17 bits per heavy atom. The van der Waals surface area contributed by atoms with E-state index < -0.39 is 20.9 Å². The summed E-state index contributed by atoms with van der Waals surface area (Å²) in [4.78, 5) is 21.9. The van der Waals surface area contributed by atoms with Gasteiger partial charge in [-0.2, -0.15) is 4.39 Å². The van der Waals surface area contributed by atoms with Crippen LogP contribution in [0.4, 0.5) is 9.52 Å². The van der Waals surface area contributed by atoms with Crippen LogP contribution in [0, 0.1) is 5.13 Å². The van der Waals surface area contributed by atoms with Crippen LogP contribution >= 0.6 is 11.3 Å². The zero-order valence-corrected chi connectivity index (χ0v) is 16.8. The van der Waals surface area contributed by atoms with Crippen LogP contribution in [0.25, 0.3) is 0 Å². The molecule has 1 aliphatic heterocycles. The summed E-state index contributed by atoms with van der Waals surface area (Å²) in [6.45, 7) is 0.890. The van der Waals surface area contributed by atoms with Crippen molar-refractivity contribution >= 4 is 37.9 Å².